The number of nitrogens with one attached hydrogen (secondary N) is 1. The van der Waals surface area contributed by atoms with Crippen molar-refractivity contribution in [2.75, 3.05) is 58.4 Å². The number of carbonyl (C=O) groups is 1. The molecule has 3 aliphatic heterocycles. The molecule has 3 heterocycles. The van der Waals surface area contributed by atoms with Crippen LogP contribution in [-0.4, -0.2) is 75.0 Å². The number of piperidine rings is 2. The Kier molecular flexibility index (Phi) is 7.92. The van der Waals surface area contributed by atoms with Gasteiger partial charge in [0.05, 0.1) is 13.2 Å². The molecule has 4 rings (SSSR count). The first-order valence-electron chi connectivity index (χ1n) is 11.9. The minimum atomic E-state index is -0.0430. The molecule has 2 saturated heterocycles. The van der Waals surface area contributed by atoms with Crippen molar-refractivity contribution in [2.24, 2.45) is 5.92 Å². The van der Waals surface area contributed by atoms with E-state index in [1.165, 1.54) is 45.2 Å². The molecule has 0 bridgehead atoms. The molecule has 1 aromatic carbocycles. The standard InChI is InChI=1S/C24H37N3O4/c1-29-14-5-13-27(18-19-7-4-12-26-11-3-2-8-21(19)26)24(28)25-20-9-10-22-23(17-20)31-16-6-15-30-22/h9-10,17,19,21H,2-8,11-16,18H2,1H3,(H,25,28)/t19-,21+/m0/s1. The van der Waals surface area contributed by atoms with Crippen molar-refractivity contribution in [3.63, 3.8) is 0 Å². The van der Waals surface area contributed by atoms with Crippen LogP contribution in [0.5, 0.6) is 11.5 Å². The summed E-state index contributed by atoms with van der Waals surface area (Å²) in [6, 6.07) is 6.22. The van der Waals surface area contributed by atoms with Crippen molar-refractivity contribution in [2.45, 2.75) is 51.0 Å². The maximum absolute atomic E-state index is 13.3. The fraction of sp³-hybridized carbons (Fsp3) is 0.708. The lowest BCUT2D eigenvalue weighted by Crippen LogP contribution is -2.52. The topological polar surface area (TPSA) is 63.3 Å². The van der Waals surface area contributed by atoms with E-state index in [2.05, 4.69) is 10.2 Å². The lowest BCUT2D eigenvalue weighted by molar-refractivity contribution is 0.0456. The third-order valence-electron chi connectivity index (χ3n) is 6.75. The van der Waals surface area contributed by atoms with Crippen LogP contribution in [0.25, 0.3) is 0 Å². The van der Waals surface area contributed by atoms with Gasteiger partial charge in [0.2, 0.25) is 0 Å². The molecule has 0 saturated carbocycles. The normalized spacial score (nSPS) is 23.5. The zero-order valence-electron chi connectivity index (χ0n) is 18.8. The molecule has 172 valence electrons. The van der Waals surface area contributed by atoms with Gasteiger partial charge in [-0.3, -0.25) is 0 Å². The molecule has 0 aromatic heterocycles. The number of fused-ring (bicyclic) bond motifs is 2. The molecule has 31 heavy (non-hydrogen) atoms. The second-order valence-electron chi connectivity index (χ2n) is 8.94. The summed E-state index contributed by atoms with van der Waals surface area (Å²) in [7, 11) is 1.71. The first-order chi connectivity index (χ1) is 15.2. The molecule has 0 spiro atoms. The number of carbonyl (C=O) groups excluding carboxylic acids is 1. The Labute approximate surface area is 186 Å². The number of urea groups is 1. The van der Waals surface area contributed by atoms with Crippen LogP contribution in [-0.2, 0) is 4.74 Å². The molecule has 2 amide bonds. The van der Waals surface area contributed by atoms with Crippen molar-refractivity contribution in [3.05, 3.63) is 18.2 Å². The van der Waals surface area contributed by atoms with E-state index in [4.69, 9.17) is 14.2 Å². The van der Waals surface area contributed by atoms with Gasteiger partial charge in [-0.2, -0.15) is 0 Å². The lowest BCUT2D eigenvalue weighted by atomic mass is 9.83. The Morgan fingerprint density at radius 2 is 1.97 bits per heavy atom. The second kappa shape index (κ2) is 11.0. The zero-order chi connectivity index (χ0) is 21.5. The fourth-order valence-corrected chi connectivity index (χ4v) is 5.19. The smallest absolute Gasteiger partial charge is 0.321 e. The van der Waals surface area contributed by atoms with E-state index in [9.17, 15) is 4.79 Å². The van der Waals surface area contributed by atoms with E-state index in [0.29, 0.717) is 44.1 Å². The third kappa shape index (κ3) is 5.83. The van der Waals surface area contributed by atoms with Crippen LogP contribution in [0, 0.1) is 5.92 Å². The number of anilines is 1. The van der Waals surface area contributed by atoms with E-state index in [0.717, 1.165) is 30.8 Å². The van der Waals surface area contributed by atoms with Crippen LogP contribution in [0.1, 0.15) is 44.9 Å². The Hall–Kier alpha value is -1.99. The maximum atomic E-state index is 13.3. The summed E-state index contributed by atoms with van der Waals surface area (Å²) in [5, 5.41) is 3.10. The van der Waals surface area contributed by atoms with Crippen LogP contribution in [0.4, 0.5) is 10.5 Å². The third-order valence-corrected chi connectivity index (χ3v) is 6.75. The summed E-state index contributed by atoms with van der Waals surface area (Å²) in [5.74, 6) is 1.99. The van der Waals surface area contributed by atoms with E-state index in [1.54, 1.807) is 7.11 Å². The quantitative estimate of drug-likeness (QED) is 0.662. The highest BCUT2D eigenvalue weighted by Gasteiger charge is 2.34. The van der Waals surface area contributed by atoms with E-state index in [-0.39, 0.29) is 6.03 Å². The molecule has 3 aliphatic rings. The first-order valence-corrected chi connectivity index (χ1v) is 11.9. The van der Waals surface area contributed by atoms with Gasteiger partial charge in [-0.1, -0.05) is 6.42 Å². The van der Waals surface area contributed by atoms with Gasteiger partial charge >= 0.3 is 6.03 Å². The molecule has 7 nitrogen and oxygen atoms in total. The summed E-state index contributed by atoms with van der Waals surface area (Å²) in [5.41, 5.74) is 0.744. The first kappa shape index (κ1) is 22.2. The van der Waals surface area contributed by atoms with Crippen molar-refractivity contribution >= 4 is 11.7 Å². The molecule has 0 aliphatic carbocycles. The minimum Gasteiger partial charge on any atom is -0.490 e. The van der Waals surface area contributed by atoms with Crippen molar-refractivity contribution in [3.8, 4) is 11.5 Å². The fourth-order valence-electron chi connectivity index (χ4n) is 5.19. The number of benzene rings is 1. The average molecular weight is 432 g/mol. The highest BCUT2D eigenvalue weighted by molar-refractivity contribution is 5.89. The minimum absolute atomic E-state index is 0.0430. The summed E-state index contributed by atoms with van der Waals surface area (Å²) in [4.78, 5) is 17.9. The molecule has 2 fully saturated rings. The lowest BCUT2D eigenvalue weighted by Gasteiger charge is -2.45. The van der Waals surface area contributed by atoms with Gasteiger partial charge in [0.15, 0.2) is 11.5 Å². The Morgan fingerprint density at radius 1 is 1.13 bits per heavy atom. The largest absolute Gasteiger partial charge is 0.490 e. The Morgan fingerprint density at radius 3 is 2.84 bits per heavy atom. The van der Waals surface area contributed by atoms with Crippen molar-refractivity contribution < 1.29 is 19.0 Å². The van der Waals surface area contributed by atoms with Gasteiger partial charge in [-0.05, 0) is 63.2 Å². The highest BCUT2D eigenvalue weighted by atomic mass is 16.5. The highest BCUT2D eigenvalue weighted by Crippen LogP contribution is 2.33. The second-order valence-corrected chi connectivity index (χ2v) is 8.94. The monoisotopic (exact) mass is 431 g/mol. The van der Waals surface area contributed by atoms with Gasteiger partial charge in [-0.25, -0.2) is 4.79 Å². The zero-order valence-corrected chi connectivity index (χ0v) is 18.8. The van der Waals surface area contributed by atoms with Crippen molar-refractivity contribution in [1.82, 2.24) is 9.80 Å². The predicted octanol–water partition coefficient (Wildman–Crippen LogP) is 3.98. The maximum Gasteiger partial charge on any atom is 0.321 e. The molecular weight excluding hydrogens is 394 g/mol. The van der Waals surface area contributed by atoms with E-state index >= 15 is 0 Å². The van der Waals surface area contributed by atoms with Crippen LogP contribution in [0.3, 0.4) is 0 Å². The molecule has 1 aromatic rings. The summed E-state index contributed by atoms with van der Waals surface area (Å²) in [6.07, 6.45) is 8.03. The number of nitrogens with zero attached hydrogens (tertiary/aromatic N) is 2. The van der Waals surface area contributed by atoms with E-state index < -0.39 is 0 Å². The Bertz CT molecular complexity index is 727. The van der Waals surface area contributed by atoms with Crippen LogP contribution < -0.4 is 14.8 Å². The van der Waals surface area contributed by atoms with Gasteiger partial charge in [0.25, 0.3) is 0 Å². The number of methoxy groups -OCH3 is 1. The number of hydrogen-bond acceptors (Lipinski definition) is 5. The summed E-state index contributed by atoms with van der Waals surface area (Å²) < 4.78 is 16.7. The summed E-state index contributed by atoms with van der Waals surface area (Å²) >= 11 is 0. The van der Waals surface area contributed by atoms with Crippen molar-refractivity contribution in [1.29, 1.82) is 0 Å². The predicted molar refractivity (Wildman–Crippen MR) is 121 cm³/mol. The average Bonchev–Trinajstić information content (AvgIpc) is 3.04. The van der Waals surface area contributed by atoms with Gasteiger partial charge in [-0.15, -0.1) is 0 Å². The van der Waals surface area contributed by atoms with Gasteiger partial charge < -0.3 is 29.3 Å². The molecule has 2 atom stereocenters. The SMILES string of the molecule is COCCCN(C[C@@H]1CCCN2CCCC[C@H]12)C(=O)Nc1ccc2c(c1)OCCCO2. The van der Waals surface area contributed by atoms with E-state index in [1.807, 2.05) is 23.1 Å². The molecule has 0 radical (unpaired) electrons. The summed E-state index contributed by atoms with van der Waals surface area (Å²) in [6.45, 7) is 5.89. The Balaban J connectivity index is 1.42. The number of ether oxygens (including phenoxy) is 3. The molecular formula is C24H37N3O4. The van der Waals surface area contributed by atoms with Crippen LogP contribution in [0.15, 0.2) is 18.2 Å². The van der Waals surface area contributed by atoms with Crippen LogP contribution in [0.2, 0.25) is 0 Å². The number of hydrogen-bond donors (Lipinski definition) is 1. The number of rotatable bonds is 7. The number of amides is 2. The molecule has 1 N–H and O–H groups in total. The van der Waals surface area contributed by atoms with Gasteiger partial charge in [0.1, 0.15) is 0 Å². The molecule has 0 unspecified atom stereocenters. The molecule has 7 heteroatoms. The van der Waals surface area contributed by atoms with Crippen LogP contribution >= 0.6 is 0 Å². The van der Waals surface area contributed by atoms with Gasteiger partial charge in [0, 0.05) is 51.0 Å².